The Bertz CT molecular complexity index is 1130. The number of cyclic esters (lactones) is 1. The number of ether oxygens (including phenoxy) is 5. The van der Waals surface area contributed by atoms with Crippen LogP contribution in [0.25, 0.3) is 0 Å². The van der Waals surface area contributed by atoms with E-state index in [1.54, 1.807) is 37.3 Å². The fourth-order valence-corrected chi connectivity index (χ4v) is 4.31. The van der Waals surface area contributed by atoms with E-state index in [9.17, 15) is 19.2 Å². The summed E-state index contributed by atoms with van der Waals surface area (Å²) in [5.41, 5.74) is 0.255. The number of pyridine rings is 1. The summed E-state index contributed by atoms with van der Waals surface area (Å²) in [5.74, 6) is -3.39. The summed E-state index contributed by atoms with van der Waals surface area (Å²) in [4.78, 5) is 54.8. The van der Waals surface area contributed by atoms with Crippen molar-refractivity contribution in [1.82, 2.24) is 4.98 Å². The molecule has 0 saturated carbocycles. The van der Waals surface area contributed by atoms with Crippen LogP contribution in [0.1, 0.15) is 60.9 Å². The Kier molecular flexibility index (Phi) is 10.3. The minimum Gasteiger partial charge on any atom is -0.493 e. The molecular formula is C28H33NO9. The normalized spacial score (nSPS) is 22.1. The van der Waals surface area contributed by atoms with Gasteiger partial charge >= 0.3 is 17.9 Å². The van der Waals surface area contributed by atoms with Crippen molar-refractivity contribution in [3.05, 3.63) is 53.9 Å². The zero-order valence-electron chi connectivity index (χ0n) is 22.0. The van der Waals surface area contributed by atoms with Crippen LogP contribution in [0.15, 0.2) is 42.6 Å². The maximum absolute atomic E-state index is 13.2. The van der Waals surface area contributed by atoms with Crippen LogP contribution in [0.2, 0.25) is 0 Å². The van der Waals surface area contributed by atoms with Crippen molar-refractivity contribution in [3.63, 3.8) is 0 Å². The van der Waals surface area contributed by atoms with Crippen LogP contribution in [0.3, 0.4) is 0 Å². The molecule has 204 valence electrons. The molecule has 1 aromatic carbocycles. The van der Waals surface area contributed by atoms with E-state index in [0.29, 0.717) is 25.0 Å². The van der Waals surface area contributed by atoms with E-state index in [2.05, 4.69) is 4.98 Å². The number of nitrogens with zero attached hydrogens (tertiary/aromatic N) is 1. The monoisotopic (exact) mass is 527 g/mol. The Labute approximate surface area is 221 Å². The van der Waals surface area contributed by atoms with Gasteiger partial charge in [0.2, 0.25) is 5.75 Å². The number of carbonyl (C=O) groups excluding carboxylic acids is 4. The molecule has 1 fully saturated rings. The first kappa shape index (κ1) is 28.8. The first-order valence-corrected chi connectivity index (χ1v) is 12.5. The second-order valence-electron chi connectivity index (χ2n) is 9.02. The number of hydrogen-bond acceptors (Lipinski definition) is 10. The number of aromatic nitrogens is 1. The Morgan fingerprint density at radius 1 is 1.13 bits per heavy atom. The lowest BCUT2D eigenvalue weighted by molar-refractivity contribution is -0.165. The van der Waals surface area contributed by atoms with Crippen molar-refractivity contribution in [1.29, 1.82) is 0 Å². The highest BCUT2D eigenvalue weighted by atomic mass is 16.6. The predicted molar refractivity (Wildman–Crippen MR) is 135 cm³/mol. The molecule has 0 amide bonds. The lowest BCUT2D eigenvalue weighted by atomic mass is 9.91. The Hall–Kier alpha value is -3.79. The summed E-state index contributed by atoms with van der Waals surface area (Å²) in [7, 11) is 1.37. The van der Waals surface area contributed by atoms with Crippen molar-refractivity contribution >= 4 is 23.7 Å². The lowest BCUT2D eigenvalue weighted by Crippen LogP contribution is -2.42. The number of esters is 3. The molecule has 0 bridgehead atoms. The highest BCUT2D eigenvalue weighted by molar-refractivity contribution is 6.00. The molecule has 38 heavy (non-hydrogen) atoms. The average molecular weight is 528 g/mol. The molecule has 4 atom stereocenters. The second-order valence-corrected chi connectivity index (χ2v) is 9.02. The summed E-state index contributed by atoms with van der Waals surface area (Å²) in [6.07, 6.45) is 0.832. The van der Waals surface area contributed by atoms with Crippen molar-refractivity contribution in [2.45, 2.75) is 52.2 Å². The smallest absolute Gasteiger partial charge is 0.338 e. The van der Waals surface area contributed by atoms with Crippen molar-refractivity contribution < 1.29 is 42.9 Å². The largest absolute Gasteiger partial charge is 0.493 e. The van der Waals surface area contributed by atoms with Gasteiger partial charge in [0, 0.05) is 38.1 Å². The SMILES string of the molecule is CC[C@H]1CCOC[C@H](CC(=O)c2nccc(OC)c2OC(C)=O)C(=O)O[C@@H](C)[C@@H]1OC(=O)c1ccccc1. The topological polar surface area (TPSA) is 127 Å². The summed E-state index contributed by atoms with van der Waals surface area (Å²) in [6.45, 7) is 5.10. The van der Waals surface area contributed by atoms with E-state index >= 15 is 0 Å². The highest BCUT2D eigenvalue weighted by Crippen LogP contribution is 2.32. The van der Waals surface area contributed by atoms with Crippen LogP contribution in [0.5, 0.6) is 11.5 Å². The lowest BCUT2D eigenvalue weighted by Gasteiger charge is -2.32. The number of benzene rings is 1. The van der Waals surface area contributed by atoms with Gasteiger partial charge in [-0.25, -0.2) is 9.78 Å². The summed E-state index contributed by atoms with van der Waals surface area (Å²) in [6, 6.07) is 10.0. The predicted octanol–water partition coefficient (Wildman–Crippen LogP) is 3.81. The molecule has 3 rings (SSSR count). The number of carbonyl (C=O) groups is 4. The van der Waals surface area contributed by atoms with Crippen molar-refractivity contribution in [2.24, 2.45) is 11.8 Å². The van der Waals surface area contributed by atoms with Crippen LogP contribution in [-0.4, -0.2) is 61.2 Å². The van der Waals surface area contributed by atoms with Gasteiger partial charge in [-0.2, -0.15) is 0 Å². The van der Waals surface area contributed by atoms with Gasteiger partial charge in [-0.15, -0.1) is 0 Å². The summed E-state index contributed by atoms with van der Waals surface area (Å²) >= 11 is 0. The first-order chi connectivity index (χ1) is 18.2. The van der Waals surface area contributed by atoms with Gasteiger partial charge < -0.3 is 23.7 Å². The van der Waals surface area contributed by atoms with E-state index in [1.165, 1.54) is 26.3 Å². The standard InChI is InChI=1S/C28H33NO9/c1-5-19-12-14-35-16-21(15-22(31)24-26(37-18(3)30)23(34-4)11-13-29-24)28(33)36-17(2)25(19)38-27(32)20-9-7-6-8-10-20/h6-11,13,17,19,21,25H,5,12,14-16H2,1-4H3/t17-,19-,21-,25-/m0/s1. The fraction of sp³-hybridized carbons (Fsp3) is 0.464. The van der Waals surface area contributed by atoms with Crippen LogP contribution >= 0.6 is 0 Å². The number of Topliss-reactive ketones (excluding diaryl/α,β-unsaturated/α-hetero) is 1. The number of hydrogen-bond donors (Lipinski definition) is 0. The number of ketones is 1. The van der Waals surface area contributed by atoms with Gasteiger partial charge in [0.05, 0.1) is 25.2 Å². The zero-order valence-corrected chi connectivity index (χ0v) is 22.0. The average Bonchev–Trinajstić information content (AvgIpc) is 2.91. The van der Waals surface area contributed by atoms with Crippen molar-refractivity contribution in [3.8, 4) is 11.5 Å². The molecule has 0 N–H and O–H groups in total. The highest BCUT2D eigenvalue weighted by Gasteiger charge is 2.36. The maximum atomic E-state index is 13.2. The van der Waals surface area contributed by atoms with Crippen LogP contribution < -0.4 is 9.47 Å². The van der Waals surface area contributed by atoms with Crippen molar-refractivity contribution in [2.75, 3.05) is 20.3 Å². The minimum atomic E-state index is -0.952. The van der Waals surface area contributed by atoms with Gasteiger partial charge in [0.15, 0.2) is 17.2 Å². The molecule has 1 aliphatic rings. The van der Waals surface area contributed by atoms with E-state index in [4.69, 9.17) is 23.7 Å². The quantitative estimate of drug-likeness (QED) is 0.369. The Balaban J connectivity index is 1.79. The van der Waals surface area contributed by atoms with Gasteiger partial charge in [-0.05, 0) is 31.9 Å². The molecule has 10 heteroatoms. The van der Waals surface area contributed by atoms with E-state index < -0.39 is 41.8 Å². The number of rotatable bonds is 8. The Morgan fingerprint density at radius 3 is 2.53 bits per heavy atom. The molecule has 0 unspecified atom stereocenters. The molecule has 2 heterocycles. The molecule has 10 nitrogen and oxygen atoms in total. The summed E-state index contributed by atoms with van der Waals surface area (Å²) < 4.78 is 27.7. The van der Waals surface area contributed by atoms with E-state index in [0.717, 1.165) is 0 Å². The maximum Gasteiger partial charge on any atom is 0.338 e. The van der Waals surface area contributed by atoms with Gasteiger partial charge in [-0.3, -0.25) is 14.4 Å². The molecule has 1 aliphatic heterocycles. The number of methoxy groups -OCH3 is 1. The third-order valence-electron chi connectivity index (χ3n) is 6.32. The second kappa shape index (κ2) is 13.7. The zero-order chi connectivity index (χ0) is 27.7. The molecule has 0 aliphatic carbocycles. The van der Waals surface area contributed by atoms with Crippen LogP contribution in [0, 0.1) is 11.8 Å². The minimum absolute atomic E-state index is 0.0466. The Morgan fingerprint density at radius 2 is 1.87 bits per heavy atom. The van der Waals surface area contributed by atoms with Gasteiger partial charge in [-0.1, -0.05) is 25.1 Å². The van der Waals surface area contributed by atoms with E-state index in [1.807, 2.05) is 6.92 Å². The van der Waals surface area contributed by atoms with Gasteiger partial charge in [0.1, 0.15) is 12.2 Å². The molecule has 1 saturated heterocycles. The third-order valence-corrected chi connectivity index (χ3v) is 6.32. The van der Waals surface area contributed by atoms with Gasteiger partial charge in [0.25, 0.3) is 0 Å². The molecule has 2 aromatic rings. The third kappa shape index (κ3) is 7.38. The molecule has 0 radical (unpaired) electrons. The molecule has 1 aromatic heterocycles. The summed E-state index contributed by atoms with van der Waals surface area (Å²) in [5, 5.41) is 0. The molecular weight excluding hydrogens is 494 g/mol. The first-order valence-electron chi connectivity index (χ1n) is 12.5. The van der Waals surface area contributed by atoms with Crippen LogP contribution in [-0.2, 0) is 23.8 Å². The fourth-order valence-electron chi connectivity index (χ4n) is 4.31. The molecule has 0 spiro atoms. The van der Waals surface area contributed by atoms with Crippen LogP contribution in [0.4, 0.5) is 0 Å². The van der Waals surface area contributed by atoms with E-state index in [-0.39, 0.29) is 36.1 Å².